The van der Waals surface area contributed by atoms with Gasteiger partial charge in [-0.25, -0.2) is 4.39 Å². The normalized spacial score (nSPS) is 18.9. The molecule has 2 saturated heterocycles. The highest BCUT2D eigenvalue weighted by Crippen LogP contribution is 2.33. The second-order valence-electron chi connectivity index (χ2n) is 7.32. The van der Waals surface area contributed by atoms with Crippen LogP contribution in [0.1, 0.15) is 31.4 Å². The molecule has 3 heterocycles. The first-order valence-electron chi connectivity index (χ1n) is 10.00. The SMILES string of the molecule is O=C(CN1C(=O)SC(=Cc2cccn2-c2ccccc2F)C1=O)N1CCCCCC1. The van der Waals surface area contributed by atoms with Gasteiger partial charge in [-0.1, -0.05) is 25.0 Å². The average molecular weight is 428 g/mol. The summed E-state index contributed by atoms with van der Waals surface area (Å²) in [5.74, 6) is -1.08. The largest absolute Gasteiger partial charge is 0.341 e. The van der Waals surface area contributed by atoms with Crippen molar-refractivity contribution in [2.24, 2.45) is 0 Å². The van der Waals surface area contributed by atoms with Crippen molar-refractivity contribution in [3.8, 4) is 5.69 Å². The second kappa shape index (κ2) is 8.87. The van der Waals surface area contributed by atoms with Gasteiger partial charge in [-0.05, 0) is 54.9 Å². The van der Waals surface area contributed by atoms with Crippen LogP contribution in [0.15, 0.2) is 47.5 Å². The lowest BCUT2D eigenvalue weighted by Crippen LogP contribution is -2.42. The average Bonchev–Trinajstić information content (AvgIpc) is 3.15. The van der Waals surface area contributed by atoms with Crippen LogP contribution < -0.4 is 0 Å². The number of hydrogen-bond donors (Lipinski definition) is 0. The van der Waals surface area contributed by atoms with Gasteiger partial charge < -0.3 is 9.47 Å². The fourth-order valence-corrected chi connectivity index (χ4v) is 4.53. The molecule has 0 N–H and O–H groups in total. The van der Waals surface area contributed by atoms with Crippen molar-refractivity contribution in [2.75, 3.05) is 19.6 Å². The highest BCUT2D eigenvalue weighted by Gasteiger charge is 2.37. The summed E-state index contributed by atoms with van der Waals surface area (Å²) < 4.78 is 15.8. The highest BCUT2D eigenvalue weighted by molar-refractivity contribution is 8.18. The fraction of sp³-hybridized carbons (Fsp3) is 0.318. The first kappa shape index (κ1) is 20.4. The van der Waals surface area contributed by atoms with Gasteiger partial charge in [0.1, 0.15) is 12.4 Å². The lowest BCUT2D eigenvalue weighted by atomic mass is 10.2. The van der Waals surface area contributed by atoms with Gasteiger partial charge in [-0.3, -0.25) is 19.3 Å². The van der Waals surface area contributed by atoms with Gasteiger partial charge in [0.15, 0.2) is 0 Å². The number of hydrogen-bond acceptors (Lipinski definition) is 4. The molecule has 2 aliphatic rings. The van der Waals surface area contributed by atoms with Crippen LogP contribution in [-0.4, -0.2) is 51.1 Å². The Morgan fingerprint density at radius 1 is 1.03 bits per heavy atom. The third kappa shape index (κ3) is 4.18. The minimum Gasteiger partial charge on any atom is -0.341 e. The molecule has 0 bridgehead atoms. The maximum Gasteiger partial charge on any atom is 0.294 e. The van der Waals surface area contributed by atoms with Gasteiger partial charge in [0, 0.05) is 25.0 Å². The van der Waals surface area contributed by atoms with Gasteiger partial charge in [0.05, 0.1) is 10.6 Å². The zero-order chi connectivity index (χ0) is 21.1. The molecular formula is C22H22FN3O3S. The molecule has 2 aliphatic heterocycles. The minimum absolute atomic E-state index is 0.199. The number of amides is 3. The van der Waals surface area contributed by atoms with Crippen molar-refractivity contribution in [3.63, 3.8) is 0 Å². The van der Waals surface area contributed by atoms with E-state index in [2.05, 4.69) is 0 Å². The van der Waals surface area contributed by atoms with Crippen LogP contribution in [0.4, 0.5) is 9.18 Å². The summed E-state index contributed by atoms with van der Waals surface area (Å²) in [5, 5.41) is -0.460. The summed E-state index contributed by atoms with van der Waals surface area (Å²) in [7, 11) is 0. The quantitative estimate of drug-likeness (QED) is 0.691. The Morgan fingerprint density at radius 2 is 1.77 bits per heavy atom. The van der Waals surface area contributed by atoms with Crippen LogP contribution in [0.5, 0.6) is 0 Å². The maximum atomic E-state index is 14.2. The molecule has 30 heavy (non-hydrogen) atoms. The number of aromatic nitrogens is 1. The molecule has 4 rings (SSSR count). The Bertz CT molecular complexity index is 1010. The number of benzene rings is 1. The molecule has 1 aromatic heterocycles. The number of imide groups is 1. The van der Waals surface area contributed by atoms with Gasteiger partial charge in [0.25, 0.3) is 11.1 Å². The van der Waals surface area contributed by atoms with Gasteiger partial charge in [-0.15, -0.1) is 0 Å². The first-order valence-corrected chi connectivity index (χ1v) is 10.8. The molecule has 0 unspecified atom stereocenters. The minimum atomic E-state index is -0.491. The summed E-state index contributed by atoms with van der Waals surface area (Å²) in [4.78, 5) is 40.8. The zero-order valence-corrected chi connectivity index (χ0v) is 17.2. The third-order valence-corrected chi connectivity index (χ3v) is 6.20. The van der Waals surface area contributed by atoms with Crippen molar-refractivity contribution >= 4 is 34.9 Å². The summed E-state index contributed by atoms with van der Waals surface area (Å²) in [6, 6.07) is 9.81. The monoisotopic (exact) mass is 427 g/mol. The van der Waals surface area contributed by atoms with E-state index in [1.165, 1.54) is 6.07 Å². The number of halogens is 1. The fourth-order valence-electron chi connectivity index (χ4n) is 3.70. The van der Waals surface area contributed by atoms with E-state index in [0.29, 0.717) is 24.5 Å². The standard InChI is InChI=1S/C22H22FN3O3S/c23-17-9-3-4-10-18(17)25-13-7-8-16(25)14-19-21(28)26(22(29)30-19)15-20(27)24-11-5-1-2-6-12-24/h3-4,7-10,13-14H,1-2,5-6,11-12,15H2. The molecule has 0 radical (unpaired) electrons. The molecule has 6 nitrogen and oxygen atoms in total. The molecule has 156 valence electrons. The van der Waals surface area contributed by atoms with E-state index >= 15 is 0 Å². The smallest absolute Gasteiger partial charge is 0.294 e. The van der Waals surface area contributed by atoms with E-state index in [1.807, 2.05) is 0 Å². The molecule has 8 heteroatoms. The van der Waals surface area contributed by atoms with Crippen LogP contribution >= 0.6 is 11.8 Å². The highest BCUT2D eigenvalue weighted by atomic mass is 32.2. The molecule has 2 aromatic rings. The lowest BCUT2D eigenvalue weighted by molar-refractivity contribution is -0.135. The van der Waals surface area contributed by atoms with Gasteiger partial charge >= 0.3 is 0 Å². The predicted octanol–water partition coefficient (Wildman–Crippen LogP) is 4.06. The lowest BCUT2D eigenvalue weighted by Gasteiger charge is -2.22. The van der Waals surface area contributed by atoms with E-state index in [9.17, 15) is 18.8 Å². The van der Waals surface area contributed by atoms with Gasteiger partial charge in [0.2, 0.25) is 5.91 Å². The van der Waals surface area contributed by atoms with E-state index in [4.69, 9.17) is 0 Å². The molecule has 0 saturated carbocycles. The Kier molecular flexibility index (Phi) is 6.03. The number of rotatable bonds is 4. The molecule has 0 aliphatic carbocycles. The van der Waals surface area contributed by atoms with Crippen LogP contribution in [-0.2, 0) is 9.59 Å². The maximum absolute atomic E-state index is 14.2. The summed E-state index contributed by atoms with van der Waals surface area (Å²) in [6.07, 6.45) is 7.33. The molecule has 1 aromatic carbocycles. The number of carbonyl (C=O) groups excluding carboxylic acids is 3. The molecule has 0 atom stereocenters. The van der Waals surface area contributed by atoms with E-state index in [1.54, 1.807) is 52.1 Å². The van der Waals surface area contributed by atoms with Crippen molar-refractivity contribution < 1.29 is 18.8 Å². The number of carbonyl (C=O) groups is 3. The summed E-state index contributed by atoms with van der Waals surface area (Å²) in [6.45, 7) is 1.10. The second-order valence-corrected chi connectivity index (χ2v) is 8.31. The topological polar surface area (TPSA) is 62.6 Å². The van der Waals surface area contributed by atoms with Crippen molar-refractivity contribution in [1.29, 1.82) is 0 Å². The number of para-hydroxylation sites is 1. The molecule has 0 spiro atoms. The van der Waals surface area contributed by atoms with Crippen molar-refractivity contribution in [3.05, 3.63) is 59.0 Å². The summed E-state index contributed by atoms with van der Waals surface area (Å²) >= 11 is 0.802. The van der Waals surface area contributed by atoms with Crippen molar-refractivity contribution in [1.82, 2.24) is 14.4 Å². The molecule has 2 fully saturated rings. The van der Waals surface area contributed by atoms with E-state index in [-0.39, 0.29) is 23.2 Å². The summed E-state index contributed by atoms with van der Waals surface area (Å²) in [5.41, 5.74) is 0.925. The first-order chi connectivity index (χ1) is 14.5. The number of thioether (sulfide) groups is 1. The Labute approximate surface area is 178 Å². The van der Waals surface area contributed by atoms with E-state index < -0.39 is 11.1 Å². The van der Waals surface area contributed by atoms with Crippen LogP contribution in [0.25, 0.3) is 11.8 Å². The van der Waals surface area contributed by atoms with Crippen molar-refractivity contribution in [2.45, 2.75) is 25.7 Å². The third-order valence-electron chi connectivity index (χ3n) is 5.30. The Balaban J connectivity index is 1.52. The Hall–Kier alpha value is -2.87. The predicted molar refractivity (Wildman–Crippen MR) is 113 cm³/mol. The Morgan fingerprint density at radius 3 is 2.50 bits per heavy atom. The van der Waals surface area contributed by atoms with E-state index in [0.717, 1.165) is 42.3 Å². The van der Waals surface area contributed by atoms with Crippen LogP contribution in [0.3, 0.4) is 0 Å². The zero-order valence-electron chi connectivity index (χ0n) is 16.4. The van der Waals surface area contributed by atoms with Gasteiger partial charge in [-0.2, -0.15) is 0 Å². The number of likely N-dealkylation sites (tertiary alicyclic amines) is 1. The molecule has 3 amide bonds. The number of nitrogens with zero attached hydrogens (tertiary/aromatic N) is 3. The van der Waals surface area contributed by atoms with Crippen LogP contribution in [0.2, 0.25) is 0 Å². The molecular weight excluding hydrogens is 405 g/mol. The van der Waals surface area contributed by atoms with Crippen LogP contribution in [0, 0.1) is 5.82 Å².